The summed E-state index contributed by atoms with van der Waals surface area (Å²) >= 11 is 0. The molecule has 0 bridgehead atoms. The van der Waals surface area contributed by atoms with Crippen LogP contribution in [-0.4, -0.2) is 12.8 Å². The van der Waals surface area contributed by atoms with Crippen molar-refractivity contribution in [2.24, 2.45) is 0 Å². The average molecular weight is 126 g/mol. The molecule has 0 aromatic rings. The quantitative estimate of drug-likeness (QED) is 0.478. The Morgan fingerprint density at radius 1 is 1.57 bits per heavy atom. The van der Waals surface area contributed by atoms with Gasteiger partial charge in [-0.15, -0.1) is 12.4 Å². The molecule has 1 heterocycles. The van der Waals surface area contributed by atoms with Gasteiger partial charge in [0.1, 0.15) is 0 Å². The molecule has 1 atom stereocenters. The summed E-state index contributed by atoms with van der Waals surface area (Å²) in [6.07, 6.45) is 1.01. The Bertz CT molecular complexity index is 45.0. The van der Waals surface area contributed by atoms with Crippen molar-refractivity contribution in [3.63, 3.8) is 0 Å². The molecule has 44 valence electrons. The Morgan fingerprint density at radius 2 is 2.29 bits per heavy atom. The highest BCUT2D eigenvalue weighted by molar-refractivity contribution is 5.85. The fourth-order valence-corrected chi connectivity index (χ4v) is 0.642. The van der Waals surface area contributed by atoms with Crippen LogP contribution in [0.3, 0.4) is 0 Å². The molecule has 0 aromatic carbocycles. The second-order valence-corrected chi connectivity index (χ2v) is 1.56. The second-order valence-electron chi connectivity index (χ2n) is 1.56. The highest BCUT2D eigenvalue weighted by Crippen LogP contribution is 2.03. The van der Waals surface area contributed by atoms with Crippen molar-refractivity contribution < 1.29 is 4.39 Å². The SMILES string of the molecule is Cl.F[C@@H]1CCCN1. The second kappa shape index (κ2) is 3.22. The molecule has 0 spiro atoms. The van der Waals surface area contributed by atoms with Crippen LogP contribution in [0.4, 0.5) is 4.39 Å². The highest BCUT2D eigenvalue weighted by atomic mass is 35.5. The Balaban J connectivity index is 0.000000360. The predicted molar refractivity (Wildman–Crippen MR) is 29.4 cm³/mol. The number of alkyl halides is 1. The van der Waals surface area contributed by atoms with E-state index in [0.717, 1.165) is 13.0 Å². The molecule has 0 radical (unpaired) electrons. The minimum Gasteiger partial charge on any atom is -0.288 e. The van der Waals surface area contributed by atoms with Crippen LogP contribution >= 0.6 is 12.4 Å². The van der Waals surface area contributed by atoms with Crippen LogP contribution in [0.1, 0.15) is 12.8 Å². The molecule has 1 nitrogen and oxygen atoms in total. The number of rotatable bonds is 0. The molecule has 1 fully saturated rings. The Morgan fingerprint density at radius 3 is 2.43 bits per heavy atom. The van der Waals surface area contributed by atoms with Crippen molar-refractivity contribution in [3.05, 3.63) is 0 Å². The molecule has 1 saturated heterocycles. The van der Waals surface area contributed by atoms with E-state index >= 15 is 0 Å². The fourth-order valence-electron chi connectivity index (χ4n) is 0.642. The average Bonchev–Trinajstić information content (AvgIpc) is 1.86. The lowest BCUT2D eigenvalue weighted by Crippen LogP contribution is -2.14. The molecule has 0 unspecified atom stereocenters. The van der Waals surface area contributed by atoms with Gasteiger partial charge in [0.25, 0.3) is 0 Å². The van der Waals surface area contributed by atoms with Gasteiger partial charge in [0.2, 0.25) is 0 Å². The first-order valence-electron chi connectivity index (χ1n) is 2.27. The zero-order chi connectivity index (χ0) is 4.41. The lowest BCUT2D eigenvalue weighted by atomic mass is 10.4. The van der Waals surface area contributed by atoms with Crippen LogP contribution in [0.2, 0.25) is 0 Å². The van der Waals surface area contributed by atoms with E-state index in [1.807, 2.05) is 0 Å². The molecule has 0 amide bonds. The van der Waals surface area contributed by atoms with Gasteiger partial charge >= 0.3 is 0 Å². The minimum atomic E-state index is -0.704. The number of hydrogen-bond acceptors (Lipinski definition) is 1. The molecule has 1 N–H and O–H groups in total. The van der Waals surface area contributed by atoms with E-state index in [2.05, 4.69) is 5.32 Å². The van der Waals surface area contributed by atoms with Crippen molar-refractivity contribution in [1.29, 1.82) is 0 Å². The first-order valence-corrected chi connectivity index (χ1v) is 2.27. The molecule has 1 aliphatic rings. The fraction of sp³-hybridized carbons (Fsp3) is 1.00. The summed E-state index contributed by atoms with van der Waals surface area (Å²) in [5, 5.41) is 2.65. The van der Waals surface area contributed by atoms with Gasteiger partial charge in [0, 0.05) is 0 Å². The van der Waals surface area contributed by atoms with Gasteiger partial charge in [0.15, 0.2) is 6.30 Å². The molecule has 0 saturated carbocycles. The Hall–Kier alpha value is 0.180. The topological polar surface area (TPSA) is 12.0 Å². The third-order valence-corrected chi connectivity index (χ3v) is 1.00. The van der Waals surface area contributed by atoms with Crippen molar-refractivity contribution in [2.75, 3.05) is 6.54 Å². The van der Waals surface area contributed by atoms with Crippen molar-refractivity contribution in [2.45, 2.75) is 19.1 Å². The summed E-state index contributed by atoms with van der Waals surface area (Å²) in [5.74, 6) is 0. The molecular formula is C4H9ClFN. The summed E-state index contributed by atoms with van der Waals surface area (Å²) in [4.78, 5) is 0. The monoisotopic (exact) mass is 125 g/mol. The van der Waals surface area contributed by atoms with Crippen molar-refractivity contribution in [1.82, 2.24) is 5.32 Å². The van der Waals surface area contributed by atoms with Crippen LogP contribution in [0, 0.1) is 0 Å². The molecule has 1 aliphatic heterocycles. The Labute approximate surface area is 48.7 Å². The van der Waals surface area contributed by atoms with Gasteiger partial charge < -0.3 is 0 Å². The maximum absolute atomic E-state index is 11.8. The molecule has 0 aliphatic carbocycles. The lowest BCUT2D eigenvalue weighted by molar-refractivity contribution is 0.311. The highest BCUT2D eigenvalue weighted by Gasteiger charge is 2.09. The zero-order valence-corrected chi connectivity index (χ0v) is 4.80. The van der Waals surface area contributed by atoms with Crippen LogP contribution in [-0.2, 0) is 0 Å². The summed E-state index contributed by atoms with van der Waals surface area (Å²) in [6.45, 7) is 0.862. The standard InChI is InChI=1S/C4H8FN.ClH/c5-4-2-1-3-6-4;/h4,6H,1-3H2;1H/t4-;/m0./s1. The first-order chi connectivity index (χ1) is 2.89. The number of nitrogens with one attached hydrogen (secondary N) is 1. The van der Waals surface area contributed by atoms with Gasteiger partial charge in [-0.25, -0.2) is 4.39 Å². The van der Waals surface area contributed by atoms with Crippen LogP contribution in [0.25, 0.3) is 0 Å². The van der Waals surface area contributed by atoms with Gasteiger partial charge in [-0.2, -0.15) is 0 Å². The van der Waals surface area contributed by atoms with Crippen LogP contribution < -0.4 is 5.32 Å². The molecule has 1 rings (SSSR count). The summed E-state index contributed by atoms with van der Waals surface area (Å²) in [7, 11) is 0. The van der Waals surface area contributed by atoms with Crippen molar-refractivity contribution in [3.8, 4) is 0 Å². The molecule has 7 heavy (non-hydrogen) atoms. The van der Waals surface area contributed by atoms with Crippen LogP contribution in [0.15, 0.2) is 0 Å². The first kappa shape index (κ1) is 7.18. The summed E-state index contributed by atoms with van der Waals surface area (Å²) < 4.78 is 11.8. The molecular weight excluding hydrogens is 117 g/mol. The maximum Gasteiger partial charge on any atom is 0.151 e. The van der Waals surface area contributed by atoms with Crippen LogP contribution in [0.5, 0.6) is 0 Å². The van der Waals surface area contributed by atoms with Gasteiger partial charge in [-0.05, 0) is 19.4 Å². The normalized spacial score (nSPS) is 29.6. The minimum absolute atomic E-state index is 0. The number of hydrogen-bond donors (Lipinski definition) is 1. The van der Waals surface area contributed by atoms with E-state index in [1.54, 1.807) is 0 Å². The third-order valence-electron chi connectivity index (χ3n) is 1.00. The van der Waals surface area contributed by atoms with E-state index in [0.29, 0.717) is 6.42 Å². The van der Waals surface area contributed by atoms with E-state index in [1.165, 1.54) is 0 Å². The summed E-state index contributed by atoms with van der Waals surface area (Å²) in [5.41, 5.74) is 0. The lowest BCUT2D eigenvalue weighted by Gasteiger charge is -1.90. The van der Waals surface area contributed by atoms with Gasteiger partial charge in [-0.3, -0.25) is 5.32 Å². The van der Waals surface area contributed by atoms with E-state index in [4.69, 9.17) is 0 Å². The van der Waals surface area contributed by atoms with Gasteiger partial charge in [0.05, 0.1) is 0 Å². The van der Waals surface area contributed by atoms with E-state index in [9.17, 15) is 4.39 Å². The molecule has 3 heteroatoms. The largest absolute Gasteiger partial charge is 0.288 e. The smallest absolute Gasteiger partial charge is 0.151 e. The maximum atomic E-state index is 11.8. The van der Waals surface area contributed by atoms with Crippen molar-refractivity contribution >= 4 is 12.4 Å². The zero-order valence-electron chi connectivity index (χ0n) is 3.98. The van der Waals surface area contributed by atoms with E-state index < -0.39 is 6.30 Å². The predicted octanol–water partition coefficient (Wildman–Crippen LogP) is 1.09. The Kier molecular flexibility index (Phi) is 3.30. The number of halogens is 2. The van der Waals surface area contributed by atoms with Gasteiger partial charge in [-0.1, -0.05) is 0 Å². The van der Waals surface area contributed by atoms with E-state index in [-0.39, 0.29) is 12.4 Å². The molecule has 0 aromatic heterocycles. The summed E-state index contributed by atoms with van der Waals surface area (Å²) in [6, 6.07) is 0. The third kappa shape index (κ3) is 2.09.